The Balaban J connectivity index is 1.42. The molecule has 0 fully saturated rings. The second-order valence-electron chi connectivity index (χ2n) is 11.8. The SMILES string of the molecule is C/C=C\C(=O)OCCOCCOCCOCCOCCOC(COCc1ccccc1)CN(CC)c1ccc(/N=N/c2sc(C#N)c(C)c2C#N)c(C)c1. The maximum absolute atomic E-state index is 11.2. The van der Waals surface area contributed by atoms with E-state index in [1.165, 1.54) is 17.4 Å². The monoisotopic (exact) mass is 761 g/mol. The Hall–Kier alpha value is -4.51. The molecule has 0 aliphatic rings. The molecule has 0 bridgehead atoms. The number of nitrogens with zero attached hydrogens (tertiary/aromatic N) is 5. The number of hydrogen-bond acceptors (Lipinski definition) is 14. The summed E-state index contributed by atoms with van der Waals surface area (Å²) in [7, 11) is 0. The van der Waals surface area contributed by atoms with Crippen LogP contribution in [0.5, 0.6) is 0 Å². The fourth-order valence-electron chi connectivity index (χ4n) is 4.97. The lowest BCUT2D eigenvalue weighted by Crippen LogP contribution is -2.37. The van der Waals surface area contributed by atoms with Crippen molar-refractivity contribution in [2.24, 2.45) is 10.2 Å². The van der Waals surface area contributed by atoms with E-state index in [4.69, 9.17) is 33.2 Å². The molecule has 1 aromatic heterocycles. The lowest BCUT2D eigenvalue weighted by molar-refractivity contribution is -0.139. The predicted molar refractivity (Wildman–Crippen MR) is 207 cm³/mol. The number of nitriles is 2. The van der Waals surface area contributed by atoms with E-state index < -0.39 is 0 Å². The highest BCUT2D eigenvalue weighted by atomic mass is 32.1. The molecule has 0 radical (unpaired) electrons. The van der Waals surface area contributed by atoms with Gasteiger partial charge in [-0.15, -0.1) is 21.6 Å². The van der Waals surface area contributed by atoms with Gasteiger partial charge < -0.3 is 38.1 Å². The largest absolute Gasteiger partial charge is 0.460 e. The molecule has 1 unspecified atom stereocenters. The third kappa shape index (κ3) is 16.2. The molecular formula is C40H51N5O8S. The van der Waals surface area contributed by atoms with E-state index in [9.17, 15) is 15.3 Å². The minimum atomic E-state index is -0.380. The van der Waals surface area contributed by atoms with Gasteiger partial charge in [0, 0.05) is 24.9 Å². The molecule has 0 N–H and O–H groups in total. The van der Waals surface area contributed by atoms with Crippen molar-refractivity contribution < 1.29 is 38.0 Å². The van der Waals surface area contributed by atoms with Crippen molar-refractivity contribution in [1.29, 1.82) is 10.5 Å². The highest BCUT2D eigenvalue weighted by molar-refractivity contribution is 7.16. The number of esters is 1. The van der Waals surface area contributed by atoms with Crippen LogP contribution in [0, 0.1) is 36.5 Å². The number of thiophene rings is 1. The Morgan fingerprint density at radius 1 is 0.852 bits per heavy atom. The first-order valence-electron chi connectivity index (χ1n) is 17.9. The number of carbonyl (C=O) groups excluding carboxylic acids is 1. The van der Waals surface area contributed by atoms with Gasteiger partial charge in [0.15, 0.2) is 5.00 Å². The summed E-state index contributed by atoms with van der Waals surface area (Å²) in [6.45, 7) is 13.7. The number of benzene rings is 2. The molecule has 0 aliphatic carbocycles. The van der Waals surface area contributed by atoms with E-state index in [0.717, 1.165) is 23.4 Å². The lowest BCUT2D eigenvalue weighted by Gasteiger charge is -2.29. The van der Waals surface area contributed by atoms with Crippen LogP contribution in [0.4, 0.5) is 16.4 Å². The van der Waals surface area contributed by atoms with Gasteiger partial charge in [-0.1, -0.05) is 36.4 Å². The van der Waals surface area contributed by atoms with Gasteiger partial charge in [-0.3, -0.25) is 0 Å². The molecule has 13 nitrogen and oxygen atoms in total. The molecule has 3 aromatic rings. The molecule has 0 spiro atoms. The van der Waals surface area contributed by atoms with Crippen LogP contribution in [-0.4, -0.2) is 97.8 Å². The van der Waals surface area contributed by atoms with Crippen LogP contribution in [-0.2, 0) is 44.6 Å². The van der Waals surface area contributed by atoms with E-state index in [0.29, 0.717) is 106 Å². The maximum Gasteiger partial charge on any atom is 0.330 e. The van der Waals surface area contributed by atoms with Crippen molar-refractivity contribution in [2.45, 2.75) is 40.4 Å². The average Bonchev–Trinajstić information content (AvgIpc) is 3.50. The quantitative estimate of drug-likeness (QED) is 0.0337. The molecule has 1 atom stereocenters. The van der Waals surface area contributed by atoms with Gasteiger partial charge in [0.1, 0.15) is 23.6 Å². The molecular weight excluding hydrogens is 711 g/mol. The van der Waals surface area contributed by atoms with Crippen LogP contribution in [0.1, 0.15) is 41.0 Å². The number of likely N-dealkylation sites (N-methyl/N-ethyl adjacent to an activating group) is 1. The van der Waals surface area contributed by atoms with E-state index >= 15 is 0 Å². The van der Waals surface area contributed by atoms with Crippen molar-refractivity contribution in [3.63, 3.8) is 0 Å². The molecule has 3 rings (SSSR count). The Kier molecular flexibility index (Phi) is 21.4. The molecule has 1 heterocycles. The normalized spacial score (nSPS) is 11.9. The van der Waals surface area contributed by atoms with Crippen molar-refractivity contribution in [1.82, 2.24) is 0 Å². The molecule has 0 aliphatic heterocycles. The molecule has 2 aromatic carbocycles. The first kappa shape index (κ1) is 43.9. The van der Waals surface area contributed by atoms with Crippen LogP contribution in [0.3, 0.4) is 0 Å². The third-order valence-electron chi connectivity index (χ3n) is 7.83. The van der Waals surface area contributed by atoms with E-state index in [2.05, 4.69) is 40.3 Å². The van der Waals surface area contributed by atoms with Gasteiger partial charge in [-0.2, -0.15) is 10.5 Å². The molecule has 14 heteroatoms. The van der Waals surface area contributed by atoms with Gasteiger partial charge in [0.05, 0.1) is 90.0 Å². The summed E-state index contributed by atoms with van der Waals surface area (Å²) < 4.78 is 39.5. The summed E-state index contributed by atoms with van der Waals surface area (Å²) in [5.74, 6) is -0.380. The maximum atomic E-state index is 11.2. The minimum absolute atomic E-state index is 0.206. The van der Waals surface area contributed by atoms with E-state index in [1.54, 1.807) is 19.9 Å². The van der Waals surface area contributed by atoms with Crippen molar-refractivity contribution in [3.05, 3.63) is 87.8 Å². The highest BCUT2D eigenvalue weighted by Gasteiger charge is 2.17. The Morgan fingerprint density at radius 3 is 2.09 bits per heavy atom. The molecule has 0 saturated carbocycles. The van der Waals surface area contributed by atoms with Crippen LogP contribution >= 0.6 is 11.3 Å². The van der Waals surface area contributed by atoms with Crippen molar-refractivity contribution >= 4 is 33.7 Å². The number of carbonyl (C=O) groups is 1. The average molecular weight is 762 g/mol. The van der Waals surface area contributed by atoms with Crippen LogP contribution in [0.15, 0.2) is 70.9 Å². The van der Waals surface area contributed by atoms with Gasteiger partial charge >= 0.3 is 5.97 Å². The number of hydrogen-bond donors (Lipinski definition) is 0. The first-order valence-corrected chi connectivity index (χ1v) is 18.8. The van der Waals surface area contributed by atoms with Gasteiger partial charge in [0.2, 0.25) is 0 Å². The van der Waals surface area contributed by atoms with Crippen molar-refractivity contribution in [2.75, 3.05) is 90.7 Å². The molecule has 0 amide bonds. The van der Waals surface area contributed by atoms with E-state index in [-0.39, 0.29) is 18.7 Å². The van der Waals surface area contributed by atoms with Crippen molar-refractivity contribution in [3.8, 4) is 12.1 Å². The van der Waals surface area contributed by atoms with E-state index in [1.807, 2.05) is 49.4 Å². The second-order valence-corrected chi connectivity index (χ2v) is 12.8. The zero-order chi connectivity index (χ0) is 38.8. The fourth-order valence-corrected chi connectivity index (χ4v) is 5.85. The fraction of sp³-hybridized carbons (Fsp3) is 0.475. The van der Waals surface area contributed by atoms with Crippen LogP contribution in [0.25, 0.3) is 0 Å². The van der Waals surface area contributed by atoms with Gasteiger partial charge in [-0.05, 0) is 62.6 Å². The molecule has 54 heavy (non-hydrogen) atoms. The number of ether oxygens (including phenoxy) is 7. The Labute approximate surface area is 322 Å². The summed E-state index contributed by atoms with van der Waals surface area (Å²) in [5, 5.41) is 28.0. The smallest absolute Gasteiger partial charge is 0.330 e. The number of anilines is 1. The standard InChI is InChI=1S/C40H51N5O8S/c1-5-10-39(46)53-24-22-50-20-18-48-16-15-47-17-19-49-21-23-52-35(30-51-29-33-11-8-7-9-12-33)28-45(6-2)34-13-14-37(31(3)25-34)43-44-40-36(26-41)32(4)38(27-42)54-40/h5,7-14,25,35H,6,15-24,28-30H2,1-4H3/b10-5-,44-43+. The lowest BCUT2D eigenvalue weighted by atomic mass is 10.1. The summed E-state index contributed by atoms with van der Waals surface area (Å²) in [5.41, 5.74) is 4.72. The number of azo groups is 1. The highest BCUT2D eigenvalue weighted by Crippen LogP contribution is 2.36. The van der Waals surface area contributed by atoms with Crippen LogP contribution in [0.2, 0.25) is 0 Å². The topological polar surface area (TPSA) is 157 Å². The summed E-state index contributed by atoms with van der Waals surface area (Å²) >= 11 is 1.17. The summed E-state index contributed by atoms with van der Waals surface area (Å²) in [6, 6.07) is 20.2. The molecule has 0 saturated heterocycles. The number of rotatable bonds is 27. The number of allylic oxidation sites excluding steroid dienone is 1. The minimum Gasteiger partial charge on any atom is -0.460 e. The molecule has 290 valence electrons. The Bertz CT molecular complexity index is 1690. The Morgan fingerprint density at radius 2 is 1.50 bits per heavy atom. The zero-order valence-corrected chi connectivity index (χ0v) is 32.5. The third-order valence-corrected chi connectivity index (χ3v) is 8.91. The van der Waals surface area contributed by atoms with Crippen LogP contribution < -0.4 is 4.90 Å². The summed E-state index contributed by atoms with van der Waals surface area (Å²) in [4.78, 5) is 13.9. The number of aryl methyl sites for hydroxylation is 1. The zero-order valence-electron chi connectivity index (χ0n) is 31.7. The van der Waals surface area contributed by atoms with Gasteiger partial charge in [-0.25, -0.2) is 4.79 Å². The van der Waals surface area contributed by atoms with Gasteiger partial charge in [0.25, 0.3) is 0 Å². The predicted octanol–water partition coefficient (Wildman–Crippen LogP) is 7.14. The first-order chi connectivity index (χ1) is 26.4. The second kappa shape index (κ2) is 26.3. The summed E-state index contributed by atoms with van der Waals surface area (Å²) in [6.07, 6.45) is 2.77.